The first-order valence-electron chi connectivity index (χ1n) is 4.68. The van der Waals surface area contributed by atoms with Gasteiger partial charge in [-0.2, -0.15) is 0 Å². The van der Waals surface area contributed by atoms with Gasteiger partial charge in [-0.1, -0.05) is 36.4 Å². The largest absolute Gasteiger partial charge is 0.388 e. The molecule has 70 valence electrons. The number of aliphatic hydroxyl groups excluding tert-OH is 1. The number of hydrogen-bond acceptors (Lipinski definition) is 1. The van der Waals surface area contributed by atoms with E-state index in [1.54, 1.807) is 0 Å². The van der Waals surface area contributed by atoms with Gasteiger partial charge in [0.1, 0.15) is 0 Å². The van der Waals surface area contributed by atoms with Crippen LogP contribution in [0.4, 0.5) is 0 Å². The van der Waals surface area contributed by atoms with Gasteiger partial charge in [-0.3, -0.25) is 0 Å². The number of benzene rings is 1. The summed E-state index contributed by atoms with van der Waals surface area (Å²) < 4.78 is 0. The van der Waals surface area contributed by atoms with Crippen molar-refractivity contribution in [2.75, 3.05) is 0 Å². The Kier molecular flexibility index (Phi) is 4.27. The van der Waals surface area contributed by atoms with Gasteiger partial charge in [0.15, 0.2) is 0 Å². The van der Waals surface area contributed by atoms with Crippen molar-refractivity contribution in [1.29, 1.82) is 0 Å². The second-order valence-electron chi connectivity index (χ2n) is 3.15. The summed E-state index contributed by atoms with van der Waals surface area (Å²) in [5.74, 6) is 0. The fourth-order valence-electron chi connectivity index (χ4n) is 1.30. The summed E-state index contributed by atoms with van der Waals surface area (Å²) in [4.78, 5) is 0. The Bertz CT molecular complexity index is 241. The van der Waals surface area contributed by atoms with E-state index < -0.39 is 0 Å². The normalized spacial score (nSPS) is 12.4. The van der Waals surface area contributed by atoms with Crippen molar-refractivity contribution in [2.24, 2.45) is 0 Å². The Labute approximate surface area is 79.7 Å². The Morgan fingerprint density at radius 3 is 2.62 bits per heavy atom. The van der Waals surface area contributed by atoms with Gasteiger partial charge in [0.25, 0.3) is 0 Å². The van der Waals surface area contributed by atoms with E-state index in [1.807, 2.05) is 36.4 Å². The monoisotopic (exact) mass is 176 g/mol. The van der Waals surface area contributed by atoms with Crippen LogP contribution in [0.15, 0.2) is 43.0 Å². The zero-order chi connectivity index (χ0) is 9.52. The molecule has 0 aliphatic rings. The molecule has 1 heteroatoms. The van der Waals surface area contributed by atoms with Crippen molar-refractivity contribution >= 4 is 0 Å². The third kappa shape index (κ3) is 3.43. The van der Waals surface area contributed by atoms with E-state index in [4.69, 9.17) is 0 Å². The second kappa shape index (κ2) is 5.55. The van der Waals surface area contributed by atoms with Gasteiger partial charge in [-0.15, -0.1) is 6.58 Å². The highest BCUT2D eigenvalue weighted by molar-refractivity contribution is 5.16. The minimum atomic E-state index is -0.318. The lowest BCUT2D eigenvalue weighted by Gasteiger charge is -2.09. The highest BCUT2D eigenvalue weighted by Gasteiger charge is 2.04. The first-order valence-corrected chi connectivity index (χ1v) is 4.68. The predicted octanol–water partition coefficient (Wildman–Crippen LogP) is 3.08. The van der Waals surface area contributed by atoms with Crippen molar-refractivity contribution in [3.8, 4) is 0 Å². The lowest BCUT2D eigenvalue weighted by Crippen LogP contribution is -1.96. The van der Waals surface area contributed by atoms with Gasteiger partial charge in [-0.05, 0) is 24.8 Å². The molecule has 1 aromatic rings. The van der Waals surface area contributed by atoms with E-state index in [9.17, 15) is 5.11 Å². The van der Waals surface area contributed by atoms with E-state index in [2.05, 4.69) is 6.58 Å². The molecule has 1 aromatic carbocycles. The molecule has 1 nitrogen and oxygen atoms in total. The summed E-state index contributed by atoms with van der Waals surface area (Å²) in [5.41, 5.74) is 1.01. The average molecular weight is 176 g/mol. The smallest absolute Gasteiger partial charge is 0.0790 e. The average Bonchev–Trinajstić information content (AvgIpc) is 2.19. The van der Waals surface area contributed by atoms with E-state index in [-0.39, 0.29) is 6.10 Å². The molecular formula is C12H16O. The highest BCUT2D eigenvalue weighted by Crippen LogP contribution is 2.18. The van der Waals surface area contributed by atoms with Gasteiger partial charge in [0.2, 0.25) is 0 Å². The molecule has 0 aromatic heterocycles. The zero-order valence-corrected chi connectivity index (χ0v) is 7.82. The maximum Gasteiger partial charge on any atom is 0.0790 e. The quantitative estimate of drug-likeness (QED) is 0.540. The molecule has 1 N–H and O–H groups in total. The van der Waals surface area contributed by atoms with Crippen LogP contribution in [-0.4, -0.2) is 5.11 Å². The molecule has 1 atom stereocenters. The molecular weight excluding hydrogens is 160 g/mol. The van der Waals surface area contributed by atoms with E-state index in [0.717, 1.165) is 24.8 Å². The van der Waals surface area contributed by atoms with Crippen LogP contribution in [0.2, 0.25) is 0 Å². The molecule has 1 rings (SSSR count). The van der Waals surface area contributed by atoms with Gasteiger partial charge in [0.05, 0.1) is 6.10 Å². The number of rotatable bonds is 5. The van der Waals surface area contributed by atoms with Crippen molar-refractivity contribution < 1.29 is 5.11 Å². The number of aliphatic hydroxyl groups is 1. The molecule has 0 saturated carbocycles. The van der Waals surface area contributed by atoms with Gasteiger partial charge in [-0.25, -0.2) is 0 Å². The molecule has 0 radical (unpaired) electrons. The first-order chi connectivity index (χ1) is 6.34. The van der Waals surface area contributed by atoms with E-state index >= 15 is 0 Å². The molecule has 0 amide bonds. The molecule has 0 heterocycles. The van der Waals surface area contributed by atoms with E-state index in [0.29, 0.717) is 0 Å². The topological polar surface area (TPSA) is 20.2 Å². The Balaban J connectivity index is 2.39. The van der Waals surface area contributed by atoms with Crippen LogP contribution in [0, 0.1) is 0 Å². The predicted molar refractivity (Wildman–Crippen MR) is 55.4 cm³/mol. The minimum absolute atomic E-state index is 0.318. The third-order valence-electron chi connectivity index (χ3n) is 2.07. The van der Waals surface area contributed by atoms with Crippen LogP contribution >= 0.6 is 0 Å². The number of unbranched alkanes of at least 4 members (excludes halogenated alkanes) is 1. The molecule has 0 bridgehead atoms. The lowest BCUT2D eigenvalue weighted by molar-refractivity contribution is 0.165. The SMILES string of the molecule is C=CCCCC(O)c1ccccc1. The fourth-order valence-corrected chi connectivity index (χ4v) is 1.30. The van der Waals surface area contributed by atoms with Crippen LogP contribution in [0.1, 0.15) is 30.9 Å². The van der Waals surface area contributed by atoms with Crippen molar-refractivity contribution in [3.63, 3.8) is 0 Å². The molecule has 0 aliphatic heterocycles. The Morgan fingerprint density at radius 1 is 1.31 bits per heavy atom. The van der Waals surface area contributed by atoms with Crippen LogP contribution in [0.5, 0.6) is 0 Å². The molecule has 0 fully saturated rings. The second-order valence-corrected chi connectivity index (χ2v) is 3.15. The Hall–Kier alpha value is -1.08. The summed E-state index contributed by atoms with van der Waals surface area (Å²) in [5, 5.41) is 9.71. The van der Waals surface area contributed by atoms with Gasteiger partial charge >= 0.3 is 0 Å². The molecule has 0 saturated heterocycles. The standard InChI is InChI=1S/C12H16O/c1-2-3-5-10-12(13)11-8-6-4-7-9-11/h2,4,6-9,12-13H,1,3,5,10H2. The summed E-state index contributed by atoms with van der Waals surface area (Å²) in [6.45, 7) is 3.65. The molecule has 13 heavy (non-hydrogen) atoms. The van der Waals surface area contributed by atoms with Crippen LogP contribution < -0.4 is 0 Å². The summed E-state index contributed by atoms with van der Waals surface area (Å²) in [6.07, 6.45) is 4.36. The van der Waals surface area contributed by atoms with E-state index in [1.165, 1.54) is 0 Å². The molecule has 0 aliphatic carbocycles. The zero-order valence-electron chi connectivity index (χ0n) is 7.82. The van der Waals surface area contributed by atoms with Crippen molar-refractivity contribution in [3.05, 3.63) is 48.6 Å². The third-order valence-corrected chi connectivity index (χ3v) is 2.07. The van der Waals surface area contributed by atoms with Crippen molar-refractivity contribution in [1.82, 2.24) is 0 Å². The summed E-state index contributed by atoms with van der Waals surface area (Å²) in [7, 11) is 0. The van der Waals surface area contributed by atoms with Crippen LogP contribution in [0.25, 0.3) is 0 Å². The minimum Gasteiger partial charge on any atom is -0.388 e. The van der Waals surface area contributed by atoms with Crippen LogP contribution in [0.3, 0.4) is 0 Å². The first kappa shape index (κ1) is 10.0. The highest BCUT2D eigenvalue weighted by atomic mass is 16.3. The summed E-state index contributed by atoms with van der Waals surface area (Å²) >= 11 is 0. The van der Waals surface area contributed by atoms with Gasteiger partial charge in [0, 0.05) is 0 Å². The fraction of sp³-hybridized carbons (Fsp3) is 0.333. The maximum atomic E-state index is 9.71. The van der Waals surface area contributed by atoms with Crippen molar-refractivity contribution in [2.45, 2.75) is 25.4 Å². The lowest BCUT2D eigenvalue weighted by atomic mass is 10.0. The number of hydrogen-bond donors (Lipinski definition) is 1. The molecule has 0 spiro atoms. The van der Waals surface area contributed by atoms with Crippen LogP contribution in [-0.2, 0) is 0 Å². The summed E-state index contributed by atoms with van der Waals surface area (Å²) in [6, 6.07) is 9.77. The van der Waals surface area contributed by atoms with Gasteiger partial charge < -0.3 is 5.11 Å². The molecule has 1 unspecified atom stereocenters. The maximum absolute atomic E-state index is 9.71. The Morgan fingerprint density at radius 2 is 2.00 bits per heavy atom. The number of allylic oxidation sites excluding steroid dienone is 1.